The Morgan fingerprint density at radius 2 is 2.00 bits per heavy atom. The molecular formula is C12H11N3S. The van der Waals surface area contributed by atoms with Crippen LogP contribution >= 0.6 is 11.3 Å². The number of nitrogens with one attached hydrogen (secondary N) is 1. The third-order valence-corrected chi connectivity index (χ3v) is 3.12. The van der Waals surface area contributed by atoms with Gasteiger partial charge in [0.1, 0.15) is 10.9 Å². The molecule has 0 unspecified atom stereocenters. The van der Waals surface area contributed by atoms with Gasteiger partial charge in [0, 0.05) is 5.69 Å². The third-order valence-electron chi connectivity index (χ3n) is 2.39. The molecule has 0 amide bonds. The van der Waals surface area contributed by atoms with Crippen molar-refractivity contribution < 1.29 is 0 Å². The molecule has 0 fully saturated rings. The summed E-state index contributed by atoms with van der Waals surface area (Å²) < 4.78 is 0. The molecule has 4 heteroatoms. The first-order chi connectivity index (χ1) is 7.72. The minimum Gasteiger partial charge on any atom is -0.338 e. The second-order valence-electron chi connectivity index (χ2n) is 3.53. The van der Waals surface area contributed by atoms with E-state index in [9.17, 15) is 0 Å². The lowest BCUT2D eigenvalue weighted by Gasteiger charge is -2.10. The molecule has 80 valence electrons. The van der Waals surface area contributed by atoms with E-state index in [-0.39, 0.29) is 0 Å². The predicted molar refractivity (Wildman–Crippen MR) is 66.0 cm³/mol. The highest BCUT2D eigenvalue weighted by Crippen LogP contribution is 2.26. The number of para-hydroxylation sites is 1. The molecule has 16 heavy (non-hydrogen) atoms. The van der Waals surface area contributed by atoms with Crippen molar-refractivity contribution in [3.8, 4) is 6.07 Å². The first kappa shape index (κ1) is 10.7. The summed E-state index contributed by atoms with van der Waals surface area (Å²) in [5.41, 5.74) is 5.01. The van der Waals surface area contributed by atoms with Crippen molar-refractivity contribution in [2.24, 2.45) is 0 Å². The van der Waals surface area contributed by atoms with Crippen molar-refractivity contribution >= 4 is 22.8 Å². The lowest BCUT2D eigenvalue weighted by atomic mass is 10.1. The van der Waals surface area contributed by atoms with Gasteiger partial charge in [0.25, 0.3) is 0 Å². The lowest BCUT2D eigenvalue weighted by Crippen LogP contribution is -1.97. The monoisotopic (exact) mass is 229 g/mol. The highest BCUT2D eigenvalue weighted by molar-refractivity contribution is 7.10. The van der Waals surface area contributed by atoms with Gasteiger partial charge in [0.05, 0.1) is 5.51 Å². The molecule has 0 spiro atoms. The molecule has 3 nitrogen and oxygen atoms in total. The molecular weight excluding hydrogens is 218 g/mol. The zero-order chi connectivity index (χ0) is 11.5. The second-order valence-corrected chi connectivity index (χ2v) is 4.39. The first-order valence-electron chi connectivity index (χ1n) is 4.89. The molecule has 0 bridgehead atoms. The van der Waals surface area contributed by atoms with Crippen molar-refractivity contribution in [1.82, 2.24) is 4.98 Å². The Labute approximate surface area is 98.4 Å². The number of nitriles is 1. The number of hydrogen-bond donors (Lipinski definition) is 1. The fourth-order valence-electron chi connectivity index (χ4n) is 1.54. The fourth-order valence-corrected chi connectivity index (χ4v) is 2.08. The minimum absolute atomic E-state index is 0.614. The Bertz CT molecular complexity index is 531. The molecule has 0 radical (unpaired) electrons. The van der Waals surface area contributed by atoms with Gasteiger partial charge < -0.3 is 5.32 Å². The van der Waals surface area contributed by atoms with E-state index in [2.05, 4.69) is 16.4 Å². The Balaban J connectivity index is 2.38. The smallest absolute Gasteiger partial charge is 0.159 e. The van der Waals surface area contributed by atoms with Crippen LogP contribution in [-0.2, 0) is 0 Å². The summed E-state index contributed by atoms with van der Waals surface area (Å²) in [5.74, 6) is 0.643. The SMILES string of the molecule is Cc1cccc(C)c1Nc1ncsc1C#N. The molecule has 0 aliphatic rings. The van der Waals surface area contributed by atoms with Crippen LogP contribution in [-0.4, -0.2) is 4.98 Å². The maximum atomic E-state index is 8.90. The van der Waals surface area contributed by atoms with Crippen LogP contribution in [0.5, 0.6) is 0 Å². The number of thiazole rings is 1. The van der Waals surface area contributed by atoms with Gasteiger partial charge in [-0.05, 0) is 25.0 Å². The van der Waals surface area contributed by atoms with E-state index in [4.69, 9.17) is 5.26 Å². The molecule has 0 atom stereocenters. The number of anilines is 2. The molecule has 0 aliphatic carbocycles. The number of hydrogen-bond acceptors (Lipinski definition) is 4. The van der Waals surface area contributed by atoms with E-state index in [1.807, 2.05) is 32.0 Å². The number of rotatable bonds is 2. The van der Waals surface area contributed by atoms with E-state index < -0.39 is 0 Å². The molecule has 0 aliphatic heterocycles. The maximum Gasteiger partial charge on any atom is 0.159 e. The van der Waals surface area contributed by atoms with Crippen molar-refractivity contribution in [2.75, 3.05) is 5.32 Å². The Hall–Kier alpha value is -1.86. The summed E-state index contributed by atoms with van der Waals surface area (Å²) >= 11 is 1.35. The van der Waals surface area contributed by atoms with Crippen molar-refractivity contribution in [3.05, 3.63) is 39.7 Å². The predicted octanol–water partition coefficient (Wildman–Crippen LogP) is 3.38. The van der Waals surface area contributed by atoms with Gasteiger partial charge in [-0.3, -0.25) is 0 Å². The molecule has 1 aromatic heterocycles. The van der Waals surface area contributed by atoms with Gasteiger partial charge in [0.2, 0.25) is 0 Å². The van der Waals surface area contributed by atoms with Gasteiger partial charge in [-0.1, -0.05) is 18.2 Å². The van der Waals surface area contributed by atoms with Gasteiger partial charge in [-0.15, -0.1) is 11.3 Å². The molecule has 0 saturated heterocycles. The van der Waals surface area contributed by atoms with Gasteiger partial charge in [-0.2, -0.15) is 5.26 Å². The van der Waals surface area contributed by atoms with E-state index in [1.165, 1.54) is 11.3 Å². The van der Waals surface area contributed by atoms with E-state index in [1.54, 1.807) is 5.51 Å². The number of nitrogens with zero attached hydrogens (tertiary/aromatic N) is 2. The van der Waals surface area contributed by atoms with Crippen LogP contribution in [0.25, 0.3) is 0 Å². The molecule has 1 N–H and O–H groups in total. The maximum absolute atomic E-state index is 8.90. The zero-order valence-electron chi connectivity index (χ0n) is 9.11. The van der Waals surface area contributed by atoms with Crippen LogP contribution in [0.1, 0.15) is 16.0 Å². The van der Waals surface area contributed by atoms with E-state index in [0.717, 1.165) is 16.8 Å². The molecule has 2 aromatic rings. The van der Waals surface area contributed by atoms with Crippen molar-refractivity contribution in [3.63, 3.8) is 0 Å². The summed E-state index contributed by atoms with van der Waals surface area (Å²) in [6.45, 7) is 4.07. The zero-order valence-corrected chi connectivity index (χ0v) is 9.93. The average Bonchev–Trinajstić information content (AvgIpc) is 2.71. The van der Waals surface area contributed by atoms with Gasteiger partial charge in [-0.25, -0.2) is 4.98 Å². The van der Waals surface area contributed by atoms with Crippen LogP contribution < -0.4 is 5.32 Å². The van der Waals surface area contributed by atoms with Crippen LogP contribution in [0.4, 0.5) is 11.5 Å². The van der Waals surface area contributed by atoms with Crippen LogP contribution in [0.15, 0.2) is 23.7 Å². The topological polar surface area (TPSA) is 48.7 Å². The summed E-state index contributed by atoms with van der Waals surface area (Å²) in [7, 11) is 0. The summed E-state index contributed by atoms with van der Waals surface area (Å²) in [6.07, 6.45) is 0. The first-order valence-corrected chi connectivity index (χ1v) is 5.77. The number of benzene rings is 1. The summed E-state index contributed by atoms with van der Waals surface area (Å²) in [5, 5.41) is 12.1. The molecule has 0 saturated carbocycles. The summed E-state index contributed by atoms with van der Waals surface area (Å²) in [4.78, 5) is 4.76. The van der Waals surface area contributed by atoms with Gasteiger partial charge >= 0.3 is 0 Å². The van der Waals surface area contributed by atoms with Crippen LogP contribution in [0.2, 0.25) is 0 Å². The van der Waals surface area contributed by atoms with Crippen LogP contribution in [0.3, 0.4) is 0 Å². The molecule has 2 rings (SSSR count). The Kier molecular flexibility index (Phi) is 2.88. The average molecular weight is 229 g/mol. The second kappa shape index (κ2) is 4.33. The standard InChI is InChI=1S/C12H11N3S/c1-8-4-3-5-9(2)11(8)15-12-10(6-13)16-7-14-12/h3-5,7,15H,1-2H3. The normalized spacial score (nSPS) is 9.81. The fraction of sp³-hybridized carbons (Fsp3) is 0.167. The van der Waals surface area contributed by atoms with Crippen LogP contribution in [0, 0.1) is 25.2 Å². The Morgan fingerprint density at radius 1 is 1.31 bits per heavy atom. The molecule has 1 aromatic carbocycles. The highest BCUT2D eigenvalue weighted by Gasteiger charge is 2.08. The number of aromatic nitrogens is 1. The third kappa shape index (κ3) is 1.90. The van der Waals surface area contributed by atoms with Crippen molar-refractivity contribution in [2.45, 2.75) is 13.8 Å². The molecule has 1 heterocycles. The highest BCUT2D eigenvalue weighted by atomic mass is 32.1. The summed E-state index contributed by atoms with van der Waals surface area (Å²) in [6, 6.07) is 8.22. The van der Waals surface area contributed by atoms with Gasteiger partial charge in [0.15, 0.2) is 5.82 Å². The lowest BCUT2D eigenvalue weighted by molar-refractivity contribution is 1.31. The minimum atomic E-state index is 0.614. The number of aryl methyl sites for hydroxylation is 2. The van der Waals surface area contributed by atoms with E-state index >= 15 is 0 Å². The quantitative estimate of drug-likeness (QED) is 0.858. The largest absolute Gasteiger partial charge is 0.338 e. The van der Waals surface area contributed by atoms with E-state index in [0.29, 0.717) is 10.7 Å². The Morgan fingerprint density at radius 3 is 2.62 bits per heavy atom. The van der Waals surface area contributed by atoms with Crippen molar-refractivity contribution in [1.29, 1.82) is 5.26 Å².